The highest BCUT2D eigenvalue weighted by Gasteiger charge is 2.31. The highest BCUT2D eigenvalue weighted by Crippen LogP contribution is 2.30. The van der Waals surface area contributed by atoms with E-state index in [4.69, 9.17) is 4.98 Å². The van der Waals surface area contributed by atoms with Crippen LogP contribution in [-0.4, -0.2) is 65.2 Å². The molecule has 1 aliphatic carbocycles. The van der Waals surface area contributed by atoms with Crippen molar-refractivity contribution in [2.24, 2.45) is 7.05 Å². The van der Waals surface area contributed by atoms with Gasteiger partial charge in [-0.3, -0.25) is 9.80 Å². The first-order chi connectivity index (χ1) is 13.7. The molecule has 2 fully saturated rings. The van der Waals surface area contributed by atoms with Crippen LogP contribution >= 0.6 is 0 Å². The first-order valence-electron chi connectivity index (χ1n) is 10.9. The van der Waals surface area contributed by atoms with Gasteiger partial charge in [0.05, 0.1) is 17.4 Å². The largest absolute Gasteiger partial charge is 0.329 e. The molecule has 0 radical (unpaired) electrons. The topological polar surface area (TPSA) is 36.3 Å². The lowest BCUT2D eigenvalue weighted by Gasteiger charge is -2.41. The second kappa shape index (κ2) is 8.76. The van der Waals surface area contributed by atoms with Gasteiger partial charge in [0, 0.05) is 51.4 Å². The molecule has 152 valence electrons. The Morgan fingerprint density at radius 2 is 1.75 bits per heavy atom. The third kappa shape index (κ3) is 3.88. The average Bonchev–Trinajstić information content (AvgIpc) is 3.36. The Balaban J connectivity index is 1.54. The molecule has 1 unspecified atom stereocenters. The summed E-state index contributed by atoms with van der Waals surface area (Å²) in [6, 6.07) is 11.8. The minimum absolute atomic E-state index is 0.366. The molecule has 5 heteroatoms. The van der Waals surface area contributed by atoms with Crippen molar-refractivity contribution in [2.45, 2.75) is 44.7 Å². The molecule has 1 saturated heterocycles. The van der Waals surface area contributed by atoms with Gasteiger partial charge in [-0.1, -0.05) is 43.2 Å². The molecule has 1 N–H and O–H groups in total. The van der Waals surface area contributed by atoms with E-state index in [9.17, 15) is 0 Å². The van der Waals surface area contributed by atoms with Gasteiger partial charge in [-0.05, 0) is 26.8 Å². The van der Waals surface area contributed by atoms with Gasteiger partial charge in [-0.15, -0.1) is 0 Å². The summed E-state index contributed by atoms with van der Waals surface area (Å²) in [6.07, 6.45) is 5.65. The van der Waals surface area contributed by atoms with Crippen molar-refractivity contribution in [1.29, 1.82) is 0 Å². The van der Waals surface area contributed by atoms with Crippen LogP contribution in [0.4, 0.5) is 0 Å². The van der Waals surface area contributed by atoms with Gasteiger partial charge < -0.3 is 9.88 Å². The fourth-order valence-corrected chi connectivity index (χ4v) is 5.23. The van der Waals surface area contributed by atoms with Crippen LogP contribution in [0.5, 0.6) is 0 Å². The Morgan fingerprint density at radius 1 is 1.07 bits per heavy atom. The number of rotatable bonds is 6. The summed E-state index contributed by atoms with van der Waals surface area (Å²) < 4.78 is 2.32. The van der Waals surface area contributed by atoms with Gasteiger partial charge in [0.1, 0.15) is 5.82 Å². The Labute approximate surface area is 169 Å². The highest BCUT2D eigenvalue weighted by atomic mass is 15.3. The standard InChI is InChI=1S/C23H35N5/c1-18-22(26(3)23(25-18)19-9-5-4-6-10-19)21(17-24-2)28-15-13-27(14-16-28)20-11-7-8-12-20/h4-6,9-10,20-21,24H,7-8,11-17H2,1-3H3. The van der Waals surface area contributed by atoms with Gasteiger partial charge in [0.2, 0.25) is 0 Å². The number of aromatic nitrogens is 2. The van der Waals surface area contributed by atoms with Crippen molar-refractivity contribution in [2.75, 3.05) is 39.8 Å². The minimum Gasteiger partial charge on any atom is -0.329 e. The van der Waals surface area contributed by atoms with E-state index >= 15 is 0 Å². The summed E-state index contributed by atoms with van der Waals surface area (Å²) in [4.78, 5) is 10.4. The number of hydrogen-bond donors (Lipinski definition) is 1. The quantitative estimate of drug-likeness (QED) is 0.834. The molecule has 1 aliphatic heterocycles. The average molecular weight is 382 g/mol. The van der Waals surface area contributed by atoms with Crippen LogP contribution in [0.15, 0.2) is 30.3 Å². The second-order valence-corrected chi connectivity index (χ2v) is 8.41. The van der Waals surface area contributed by atoms with Crippen LogP contribution in [0.25, 0.3) is 11.4 Å². The SMILES string of the molecule is CNCC(c1c(C)nc(-c2ccccc2)n1C)N1CCN(C2CCCC2)CC1. The lowest BCUT2D eigenvalue weighted by atomic mass is 10.1. The summed E-state index contributed by atoms with van der Waals surface area (Å²) in [5, 5.41) is 3.44. The Hall–Kier alpha value is -1.69. The number of hydrogen-bond acceptors (Lipinski definition) is 4. The van der Waals surface area contributed by atoms with Crippen LogP contribution in [0, 0.1) is 6.92 Å². The molecule has 1 saturated carbocycles. The fraction of sp³-hybridized carbons (Fsp3) is 0.609. The fourth-order valence-electron chi connectivity index (χ4n) is 5.23. The zero-order chi connectivity index (χ0) is 19.5. The number of imidazole rings is 1. The van der Waals surface area contributed by atoms with Gasteiger partial charge in [-0.25, -0.2) is 4.98 Å². The molecule has 2 heterocycles. The maximum Gasteiger partial charge on any atom is 0.140 e. The van der Waals surface area contributed by atoms with Crippen LogP contribution in [0.3, 0.4) is 0 Å². The molecule has 1 atom stereocenters. The molecule has 0 amide bonds. The first kappa shape index (κ1) is 19.6. The molecule has 28 heavy (non-hydrogen) atoms. The molecule has 2 aromatic rings. The van der Waals surface area contributed by atoms with Gasteiger partial charge >= 0.3 is 0 Å². The molecular formula is C23H35N5. The van der Waals surface area contributed by atoms with Gasteiger partial charge in [-0.2, -0.15) is 0 Å². The predicted molar refractivity (Wildman–Crippen MR) is 115 cm³/mol. The molecule has 1 aromatic carbocycles. The normalized spacial score (nSPS) is 20.7. The Morgan fingerprint density at radius 3 is 2.39 bits per heavy atom. The maximum atomic E-state index is 4.95. The van der Waals surface area contributed by atoms with Gasteiger partial charge in [0.25, 0.3) is 0 Å². The van der Waals surface area contributed by atoms with Crippen molar-refractivity contribution >= 4 is 0 Å². The van der Waals surface area contributed by atoms with E-state index in [1.54, 1.807) is 0 Å². The van der Waals surface area contributed by atoms with E-state index in [1.807, 2.05) is 0 Å². The third-order valence-corrected chi connectivity index (χ3v) is 6.70. The van der Waals surface area contributed by atoms with E-state index < -0.39 is 0 Å². The van der Waals surface area contributed by atoms with E-state index in [2.05, 4.69) is 71.0 Å². The van der Waals surface area contributed by atoms with Crippen molar-refractivity contribution < 1.29 is 0 Å². The number of aryl methyl sites for hydroxylation is 1. The molecule has 2 aliphatic rings. The zero-order valence-corrected chi connectivity index (χ0v) is 17.7. The van der Waals surface area contributed by atoms with Crippen LogP contribution < -0.4 is 5.32 Å². The van der Waals surface area contributed by atoms with Crippen molar-refractivity contribution in [1.82, 2.24) is 24.7 Å². The maximum absolute atomic E-state index is 4.95. The Bertz CT molecular complexity index is 755. The van der Waals surface area contributed by atoms with E-state index in [1.165, 1.54) is 50.0 Å². The lowest BCUT2D eigenvalue weighted by Crippen LogP contribution is -2.52. The monoisotopic (exact) mass is 381 g/mol. The lowest BCUT2D eigenvalue weighted by molar-refractivity contribution is 0.0680. The van der Waals surface area contributed by atoms with Crippen LogP contribution in [0.2, 0.25) is 0 Å². The number of benzene rings is 1. The van der Waals surface area contributed by atoms with E-state index in [0.717, 1.165) is 37.2 Å². The number of nitrogens with one attached hydrogen (secondary N) is 1. The molecule has 4 rings (SSSR count). The summed E-state index contributed by atoms with van der Waals surface area (Å²) in [5.41, 5.74) is 3.69. The molecule has 5 nitrogen and oxygen atoms in total. The summed E-state index contributed by atoms with van der Waals surface area (Å²) in [7, 11) is 4.24. The first-order valence-corrected chi connectivity index (χ1v) is 10.9. The van der Waals surface area contributed by atoms with Gasteiger partial charge in [0.15, 0.2) is 0 Å². The molecule has 0 spiro atoms. The highest BCUT2D eigenvalue weighted by molar-refractivity contribution is 5.57. The smallest absolute Gasteiger partial charge is 0.140 e. The van der Waals surface area contributed by atoms with E-state index in [-0.39, 0.29) is 0 Å². The molecule has 1 aromatic heterocycles. The summed E-state index contributed by atoms with van der Waals surface area (Å²) >= 11 is 0. The van der Waals surface area contributed by atoms with Crippen molar-refractivity contribution in [3.05, 3.63) is 41.7 Å². The number of likely N-dealkylation sites (N-methyl/N-ethyl adjacent to an activating group) is 1. The number of nitrogens with zero attached hydrogens (tertiary/aromatic N) is 4. The summed E-state index contributed by atoms with van der Waals surface area (Å²) in [5.74, 6) is 1.07. The summed E-state index contributed by atoms with van der Waals surface area (Å²) in [6.45, 7) is 7.82. The van der Waals surface area contributed by atoms with E-state index in [0.29, 0.717) is 6.04 Å². The van der Waals surface area contributed by atoms with Crippen molar-refractivity contribution in [3.63, 3.8) is 0 Å². The van der Waals surface area contributed by atoms with Crippen LogP contribution in [-0.2, 0) is 7.05 Å². The van der Waals surface area contributed by atoms with Crippen LogP contribution in [0.1, 0.15) is 43.1 Å². The molecule has 0 bridgehead atoms. The minimum atomic E-state index is 0.366. The molecular weight excluding hydrogens is 346 g/mol. The number of piperazine rings is 1. The third-order valence-electron chi connectivity index (χ3n) is 6.70. The predicted octanol–water partition coefficient (Wildman–Crippen LogP) is 3.22. The van der Waals surface area contributed by atoms with Crippen molar-refractivity contribution in [3.8, 4) is 11.4 Å². The second-order valence-electron chi connectivity index (χ2n) is 8.41. The Kier molecular flexibility index (Phi) is 6.14. The zero-order valence-electron chi connectivity index (χ0n) is 17.7.